The van der Waals surface area contributed by atoms with E-state index in [1.54, 1.807) is 0 Å². The van der Waals surface area contributed by atoms with Gasteiger partial charge in [-0.15, -0.1) is 0 Å². The first-order valence-corrected chi connectivity index (χ1v) is 8.81. The lowest BCUT2D eigenvalue weighted by Crippen LogP contribution is -2.49. The van der Waals surface area contributed by atoms with E-state index < -0.39 is 0 Å². The van der Waals surface area contributed by atoms with Gasteiger partial charge in [-0.1, -0.05) is 41.4 Å². The number of halogens is 1. The first kappa shape index (κ1) is 18.1. The molecule has 0 radical (unpaired) electrons. The molecule has 1 aliphatic rings. The molecule has 5 nitrogen and oxygen atoms in total. The van der Waals surface area contributed by atoms with E-state index in [0.717, 1.165) is 17.1 Å². The van der Waals surface area contributed by atoms with Crippen molar-refractivity contribution in [3.63, 3.8) is 0 Å². The molecule has 2 aromatic rings. The van der Waals surface area contributed by atoms with Crippen molar-refractivity contribution in [2.75, 3.05) is 0 Å². The van der Waals surface area contributed by atoms with Crippen LogP contribution in [0.25, 0.3) is 0 Å². The molecule has 26 heavy (non-hydrogen) atoms. The molecule has 0 fully saturated rings. The number of aryl methyl sites for hydroxylation is 1. The second-order valence-corrected chi connectivity index (χ2v) is 6.78. The summed E-state index contributed by atoms with van der Waals surface area (Å²) in [6.45, 7) is 5.74. The number of hydrogen-bond acceptors (Lipinski definition) is 3. The lowest BCUT2D eigenvalue weighted by molar-refractivity contribution is -0.119. The van der Waals surface area contributed by atoms with Gasteiger partial charge in [-0.05, 0) is 50.6 Å². The maximum atomic E-state index is 12.0. The molecule has 0 bridgehead atoms. The van der Waals surface area contributed by atoms with Crippen LogP contribution in [0.5, 0.6) is 0 Å². The minimum absolute atomic E-state index is 0.131. The summed E-state index contributed by atoms with van der Waals surface area (Å²) in [5.41, 5.74) is 6.33. The highest BCUT2D eigenvalue weighted by atomic mass is 35.5. The lowest BCUT2D eigenvalue weighted by atomic mass is 10.0. The summed E-state index contributed by atoms with van der Waals surface area (Å²) in [5.74, 6) is 1.20. The summed E-state index contributed by atoms with van der Waals surface area (Å²) < 4.78 is 0. The molecule has 1 aliphatic heterocycles. The van der Waals surface area contributed by atoms with E-state index in [4.69, 9.17) is 11.6 Å². The molecule has 0 aromatic heterocycles. The molecule has 0 aliphatic carbocycles. The number of benzene rings is 2. The van der Waals surface area contributed by atoms with Crippen LogP contribution in [-0.2, 0) is 4.79 Å². The number of aliphatic imine (C=N–C) groups is 2. The Morgan fingerprint density at radius 1 is 1.15 bits per heavy atom. The first-order valence-electron chi connectivity index (χ1n) is 8.44. The van der Waals surface area contributed by atoms with E-state index in [1.807, 2.05) is 74.3 Å². The third-order valence-electron chi connectivity index (χ3n) is 4.18. The molecule has 0 saturated carbocycles. The van der Waals surface area contributed by atoms with Crippen LogP contribution in [-0.4, -0.2) is 22.6 Å². The Morgan fingerprint density at radius 2 is 1.81 bits per heavy atom. The number of hydrogen-bond donors (Lipinski definition) is 1. The number of amides is 1. The molecule has 2 aromatic carbocycles. The molecule has 0 spiro atoms. The molecule has 134 valence electrons. The zero-order chi connectivity index (χ0) is 18.7. The second-order valence-electron chi connectivity index (χ2n) is 6.34. The average Bonchev–Trinajstić information content (AvgIpc) is 2.60. The van der Waals surface area contributed by atoms with Crippen LogP contribution < -0.4 is 5.43 Å². The summed E-state index contributed by atoms with van der Waals surface area (Å²) in [5, 5.41) is 2.55. The largest absolute Gasteiger partial charge is 0.284 e. The van der Waals surface area contributed by atoms with Gasteiger partial charge in [0.05, 0.1) is 18.2 Å². The van der Waals surface area contributed by atoms with Crippen molar-refractivity contribution in [1.82, 2.24) is 10.4 Å². The molecular formula is C20H21ClN4O. The monoisotopic (exact) mass is 368 g/mol. The molecular weight excluding hydrogens is 348 g/mol. The fraction of sp³-hybridized carbons (Fsp3) is 0.250. The van der Waals surface area contributed by atoms with E-state index in [1.165, 1.54) is 5.56 Å². The van der Waals surface area contributed by atoms with Gasteiger partial charge < -0.3 is 0 Å². The predicted molar refractivity (Wildman–Crippen MR) is 106 cm³/mol. The normalized spacial score (nSPS) is 17.9. The Balaban J connectivity index is 1.86. The molecule has 3 rings (SSSR count). The highest BCUT2D eigenvalue weighted by molar-refractivity contribution is 6.30. The summed E-state index contributed by atoms with van der Waals surface area (Å²) in [6.07, 6.45) is 0.295. The summed E-state index contributed by atoms with van der Waals surface area (Å²) in [7, 11) is 0. The maximum absolute atomic E-state index is 12.0. The third kappa shape index (κ3) is 4.29. The number of amidine groups is 2. The van der Waals surface area contributed by atoms with Gasteiger partial charge in [0, 0.05) is 5.02 Å². The van der Waals surface area contributed by atoms with Crippen molar-refractivity contribution in [1.29, 1.82) is 0 Å². The smallest absolute Gasteiger partial charge is 0.249 e. The minimum atomic E-state index is -0.166. The molecule has 1 amide bonds. The standard InChI is InChI=1S/C20H21ClN4O/c1-13-4-10-18(11-5-13)22-14(2)24-25-15(3)23-20(26)12-19(25)16-6-8-17(21)9-7-16/h4-11,19H,12H2,1-3H3,(H,22,24). The fourth-order valence-electron chi connectivity index (χ4n) is 2.89. The van der Waals surface area contributed by atoms with Gasteiger partial charge in [-0.3, -0.25) is 15.2 Å². The van der Waals surface area contributed by atoms with Crippen molar-refractivity contribution >= 4 is 34.9 Å². The average molecular weight is 369 g/mol. The van der Waals surface area contributed by atoms with Crippen molar-refractivity contribution in [2.45, 2.75) is 33.2 Å². The molecule has 1 heterocycles. The Bertz CT molecular complexity index is 856. The van der Waals surface area contributed by atoms with Crippen LogP contribution in [0, 0.1) is 6.92 Å². The minimum Gasteiger partial charge on any atom is -0.284 e. The van der Waals surface area contributed by atoms with Gasteiger partial charge in [0.1, 0.15) is 11.7 Å². The zero-order valence-electron chi connectivity index (χ0n) is 15.0. The van der Waals surface area contributed by atoms with E-state index >= 15 is 0 Å². The highest BCUT2D eigenvalue weighted by Gasteiger charge is 2.29. The SMILES string of the molecule is CC(=Nc1ccc(C)cc1)NN1C(C)=NC(=O)CC1c1ccc(Cl)cc1. The Kier molecular flexibility index (Phi) is 5.38. The molecule has 1 atom stereocenters. The second kappa shape index (κ2) is 7.70. The predicted octanol–water partition coefficient (Wildman–Crippen LogP) is 4.59. The fourth-order valence-corrected chi connectivity index (χ4v) is 3.01. The van der Waals surface area contributed by atoms with Crippen molar-refractivity contribution in [3.8, 4) is 0 Å². The Labute approximate surface area is 158 Å². The number of rotatable bonds is 3. The topological polar surface area (TPSA) is 57.1 Å². The van der Waals surface area contributed by atoms with Gasteiger partial charge in [0.15, 0.2) is 0 Å². The van der Waals surface area contributed by atoms with E-state index in [2.05, 4.69) is 15.4 Å². The van der Waals surface area contributed by atoms with Crippen LogP contribution in [0.1, 0.15) is 37.4 Å². The highest BCUT2D eigenvalue weighted by Crippen LogP contribution is 2.28. The van der Waals surface area contributed by atoms with Crippen LogP contribution >= 0.6 is 11.6 Å². The molecule has 0 saturated heterocycles. The first-order chi connectivity index (χ1) is 12.4. The van der Waals surface area contributed by atoms with Crippen molar-refractivity contribution in [3.05, 3.63) is 64.7 Å². The Hall–Kier alpha value is -2.66. The van der Waals surface area contributed by atoms with Gasteiger partial charge >= 0.3 is 0 Å². The number of nitrogens with zero attached hydrogens (tertiary/aromatic N) is 3. The number of carbonyl (C=O) groups is 1. The van der Waals surface area contributed by atoms with Gasteiger partial charge in [-0.2, -0.15) is 4.99 Å². The van der Waals surface area contributed by atoms with Crippen LogP contribution in [0.3, 0.4) is 0 Å². The summed E-state index contributed by atoms with van der Waals surface area (Å²) >= 11 is 5.99. The van der Waals surface area contributed by atoms with Crippen molar-refractivity contribution < 1.29 is 4.79 Å². The van der Waals surface area contributed by atoms with Crippen LogP contribution in [0.2, 0.25) is 5.02 Å². The van der Waals surface area contributed by atoms with E-state index in [9.17, 15) is 4.79 Å². The zero-order valence-corrected chi connectivity index (χ0v) is 15.8. The lowest BCUT2D eigenvalue weighted by Gasteiger charge is -2.36. The summed E-state index contributed by atoms with van der Waals surface area (Å²) in [6, 6.07) is 15.3. The van der Waals surface area contributed by atoms with Crippen LogP contribution in [0.15, 0.2) is 58.5 Å². The number of carbonyl (C=O) groups excluding carboxylic acids is 1. The molecule has 6 heteroatoms. The molecule has 1 N–H and O–H groups in total. The Morgan fingerprint density at radius 3 is 2.46 bits per heavy atom. The maximum Gasteiger partial charge on any atom is 0.249 e. The van der Waals surface area contributed by atoms with E-state index in [0.29, 0.717) is 17.3 Å². The quantitative estimate of drug-likeness (QED) is 0.636. The van der Waals surface area contributed by atoms with Gasteiger partial charge in [-0.25, -0.2) is 4.99 Å². The van der Waals surface area contributed by atoms with Gasteiger partial charge in [0.2, 0.25) is 5.91 Å². The van der Waals surface area contributed by atoms with E-state index in [-0.39, 0.29) is 11.9 Å². The van der Waals surface area contributed by atoms with Gasteiger partial charge in [0.25, 0.3) is 0 Å². The van der Waals surface area contributed by atoms with Crippen molar-refractivity contribution in [2.24, 2.45) is 9.98 Å². The number of nitrogens with one attached hydrogen (secondary N) is 1. The summed E-state index contributed by atoms with van der Waals surface area (Å²) in [4.78, 5) is 20.7. The number of hydrazine groups is 1. The third-order valence-corrected chi connectivity index (χ3v) is 4.43. The molecule has 1 unspecified atom stereocenters. The van der Waals surface area contributed by atoms with Crippen LogP contribution in [0.4, 0.5) is 5.69 Å².